The van der Waals surface area contributed by atoms with Gasteiger partial charge in [0.05, 0.1) is 12.7 Å². The molecule has 1 aromatic rings. The summed E-state index contributed by atoms with van der Waals surface area (Å²) in [7, 11) is 1.40. The number of ether oxygens (including phenoxy) is 1. The first-order valence-corrected chi connectivity index (χ1v) is 4.99. The third-order valence-corrected chi connectivity index (χ3v) is 2.51. The first kappa shape index (κ1) is 10.5. The van der Waals surface area contributed by atoms with Gasteiger partial charge in [0, 0.05) is 3.57 Å². The van der Waals surface area contributed by atoms with Crippen molar-refractivity contribution in [3.05, 3.63) is 32.4 Å². The summed E-state index contributed by atoms with van der Waals surface area (Å²) in [6.45, 7) is 3.84. The summed E-state index contributed by atoms with van der Waals surface area (Å²) in [6, 6.07) is 3.94. The fourth-order valence-electron chi connectivity index (χ4n) is 1.33. The lowest BCUT2D eigenvalue weighted by atomic mass is 10.0. The Balaban J connectivity index is 3.28. The summed E-state index contributed by atoms with van der Waals surface area (Å²) in [5, 5.41) is 0. The molecule has 0 spiro atoms. The standard InChI is InChI=1S/C10H11IO2/c1-6-4-8(11)5-7(2)9(6)10(12)13-3/h4-5H,1-3H3. The Hall–Kier alpha value is -0.580. The van der Waals surface area contributed by atoms with Crippen LogP contribution in [-0.2, 0) is 4.74 Å². The maximum Gasteiger partial charge on any atom is 0.338 e. The number of esters is 1. The Morgan fingerprint density at radius 1 is 1.31 bits per heavy atom. The minimum absolute atomic E-state index is 0.258. The predicted octanol–water partition coefficient (Wildman–Crippen LogP) is 2.69. The van der Waals surface area contributed by atoms with Crippen molar-refractivity contribution in [1.29, 1.82) is 0 Å². The molecule has 13 heavy (non-hydrogen) atoms. The van der Waals surface area contributed by atoms with Gasteiger partial charge in [0.15, 0.2) is 0 Å². The lowest BCUT2D eigenvalue weighted by molar-refractivity contribution is 0.0599. The van der Waals surface area contributed by atoms with Crippen molar-refractivity contribution in [3.8, 4) is 0 Å². The number of hydrogen-bond acceptors (Lipinski definition) is 2. The molecule has 0 unspecified atom stereocenters. The topological polar surface area (TPSA) is 26.3 Å². The lowest BCUT2D eigenvalue weighted by Crippen LogP contribution is -2.06. The van der Waals surface area contributed by atoms with Crippen LogP contribution in [-0.4, -0.2) is 13.1 Å². The van der Waals surface area contributed by atoms with Crippen molar-refractivity contribution in [2.24, 2.45) is 0 Å². The van der Waals surface area contributed by atoms with Gasteiger partial charge in [0.2, 0.25) is 0 Å². The SMILES string of the molecule is COC(=O)c1c(C)cc(I)cc1C. The highest BCUT2D eigenvalue weighted by Gasteiger charge is 2.12. The number of carbonyl (C=O) groups excluding carboxylic acids is 1. The number of aryl methyl sites for hydroxylation is 2. The van der Waals surface area contributed by atoms with Crippen LogP contribution in [0.4, 0.5) is 0 Å². The Kier molecular flexibility index (Phi) is 3.30. The van der Waals surface area contributed by atoms with E-state index in [-0.39, 0.29) is 5.97 Å². The van der Waals surface area contributed by atoms with E-state index in [2.05, 4.69) is 22.6 Å². The second kappa shape index (κ2) is 4.09. The Bertz CT molecular complexity index is 322. The molecule has 0 atom stereocenters. The van der Waals surface area contributed by atoms with Crippen LogP contribution in [0.25, 0.3) is 0 Å². The number of methoxy groups -OCH3 is 1. The Morgan fingerprint density at radius 3 is 2.15 bits per heavy atom. The molecule has 0 aromatic heterocycles. The highest BCUT2D eigenvalue weighted by molar-refractivity contribution is 14.1. The van der Waals surface area contributed by atoms with E-state index in [0.29, 0.717) is 5.56 Å². The smallest absolute Gasteiger partial charge is 0.338 e. The first-order valence-electron chi connectivity index (χ1n) is 3.91. The summed E-state index contributed by atoms with van der Waals surface area (Å²) in [5.74, 6) is -0.258. The van der Waals surface area contributed by atoms with E-state index in [1.54, 1.807) is 0 Å². The number of halogens is 1. The van der Waals surface area contributed by atoms with Crippen molar-refractivity contribution < 1.29 is 9.53 Å². The minimum atomic E-state index is -0.258. The molecule has 1 aromatic carbocycles. The van der Waals surface area contributed by atoms with E-state index < -0.39 is 0 Å². The molecule has 0 amide bonds. The largest absolute Gasteiger partial charge is 0.465 e. The van der Waals surface area contributed by atoms with Crippen LogP contribution in [0, 0.1) is 17.4 Å². The van der Waals surface area contributed by atoms with E-state index >= 15 is 0 Å². The first-order chi connectivity index (χ1) is 6.06. The number of benzene rings is 1. The van der Waals surface area contributed by atoms with Crippen molar-refractivity contribution in [3.63, 3.8) is 0 Å². The van der Waals surface area contributed by atoms with Crippen LogP contribution < -0.4 is 0 Å². The van der Waals surface area contributed by atoms with E-state index in [1.807, 2.05) is 26.0 Å². The summed E-state index contributed by atoms with van der Waals surface area (Å²) >= 11 is 2.23. The van der Waals surface area contributed by atoms with Crippen molar-refractivity contribution in [1.82, 2.24) is 0 Å². The molecule has 3 heteroatoms. The van der Waals surface area contributed by atoms with Gasteiger partial charge in [-0.1, -0.05) is 0 Å². The molecule has 0 radical (unpaired) electrons. The third kappa shape index (κ3) is 2.21. The average molecular weight is 290 g/mol. The van der Waals surface area contributed by atoms with Crippen LogP contribution in [0.1, 0.15) is 21.5 Å². The number of carbonyl (C=O) groups is 1. The van der Waals surface area contributed by atoms with Gasteiger partial charge in [-0.05, 0) is 59.7 Å². The zero-order chi connectivity index (χ0) is 10.0. The summed E-state index contributed by atoms with van der Waals surface area (Å²) in [6.07, 6.45) is 0. The van der Waals surface area contributed by atoms with Gasteiger partial charge in [-0.3, -0.25) is 0 Å². The Labute approximate surface area is 91.4 Å². The summed E-state index contributed by atoms with van der Waals surface area (Å²) in [4.78, 5) is 11.3. The quantitative estimate of drug-likeness (QED) is 0.587. The molecule has 0 saturated carbocycles. The van der Waals surface area contributed by atoms with Crippen LogP contribution >= 0.6 is 22.6 Å². The Morgan fingerprint density at radius 2 is 1.77 bits per heavy atom. The average Bonchev–Trinajstić information content (AvgIpc) is 2.02. The second-order valence-electron chi connectivity index (χ2n) is 2.91. The van der Waals surface area contributed by atoms with Crippen LogP contribution in [0.3, 0.4) is 0 Å². The molecule has 0 fully saturated rings. The minimum Gasteiger partial charge on any atom is -0.465 e. The summed E-state index contributed by atoms with van der Waals surface area (Å²) < 4.78 is 5.84. The molecule has 0 aliphatic carbocycles. The molecule has 0 N–H and O–H groups in total. The van der Waals surface area contributed by atoms with Crippen LogP contribution in [0.15, 0.2) is 12.1 Å². The van der Waals surface area contributed by atoms with Gasteiger partial charge >= 0.3 is 5.97 Å². The maximum absolute atomic E-state index is 11.3. The van der Waals surface area contributed by atoms with Gasteiger partial charge < -0.3 is 4.74 Å². The highest BCUT2D eigenvalue weighted by Crippen LogP contribution is 2.18. The molecule has 70 valence electrons. The van der Waals surface area contributed by atoms with Gasteiger partial charge in [0.1, 0.15) is 0 Å². The van der Waals surface area contributed by atoms with E-state index in [0.717, 1.165) is 14.7 Å². The molecule has 0 aliphatic rings. The van der Waals surface area contributed by atoms with Gasteiger partial charge in [-0.25, -0.2) is 4.79 Å². The molecule has 1 rings (SSSR count). The zero-order valence-corrected chi connectivity index (χ0v) is 10.0. The van der Waals surface area contributed by atoms with E-state index in [9.17, 15) is 4.79 Å². The lowest BCUT2D eigenvalue weighted by Gasteiger charge is -2.07. The molecule has 0 heterocycles. The molecule has 0 aliphatic heterocycles. The van der Waals surface area contributed by atoms with Gasteiger partial charge in [-0.15, -0.1) is 0 Å². The fraction of sp³-hybridized carbons (Fsp3) is 0.300. The van der Waals surface area contributed by atoms with Crippen LogP contribution in [0.2, 0.25) is 0 Å². The molecule has 0 saturated heterocycles. The number of hydrogen-bond donors (Lipinski definition) is 0. The summed E-state index contributed by atoms with van der Waals surface area (Å²) in [5.41, 5.74) is 2.62. The molecular weight excluding hydrogens is 279 g/mol. The monoisotopic (exact) mass is 290 g/mol. The van der Waals surface area contributed by atoms with E-state index in [4.69, 9.17) is 4.74 Å². The number of rotatable bonds is 1. The van der Waals surface area contributed by atoms with Crippen molar-refractivity contribution in [2.45, 2.75) is 13.8 Å². The predicted molar refractivity (Wildman–Crippen MR) is 60.0 cm³/mol. The second-order valence-corrected chi connectivity index (χ2v) is 4.15. The highest BCUT2D eigenvalue weighted by atomic mass is 127. The van der Waals surface area contributed by atoms with Gasteiger partial charge in [-0.2, -0.15) is 0 Å². The third-order valence-electron chi connectivity index (χ3n) is 1.89. The normalized spacial score (nSPS) is 9.85. The zero-order valence-electron chi connectivity index (χ0n) is 7.85. The van der Waals surface area contributed by atoms with Crippen LogP contribution in [0.5, 0.6) is 0 Å². The van der Waals surface area contributed by atoms with Crippen molar-refractivity contribution >= 4 is 28.6 Å². The maximum atomic E-state index is 11.3. The van der Waals surface area contributed by atoms with Gasteiger partial charge in [0.25, 0.3) is 0 Å². The molecule has 2 nitrogen and oxygen atoms in total. The fourth-order valence-corrected chi connectivity index (χ4v) is 2.27. The van der Waals surface area contributed by atoms with E-state index in [1.165, 1.54) is 7.11 Å². The molecular formula is C10H11IO2. The molecule has 0 bridgehead atoms. The van der Waals surface area contributed by atoms with Crippen molar-refractivity contribution in [2.75, 3.05) is 7.11 Å².